The number of aliphatic hydroxyl groups excluding tert-OH is 1. The van der Waals surface area contributed by atoms with Crippen LogP contribution in [0.25, 0.3) is 16.5 Å². The number of amides is 3. The zero-order chi connectivity index (χ0) is 45.9. The summed E-state index contributed by atoms with van der Waals surface area (Å²) in [7, 11) is -2.56. The number of sulfonamides is 1. The van der Waals surface area contributed by atoms with Crippen molar-refractivity contribution in [2.24, 2.45) is 0 Å². The van der Waals surface area contributed by atoms with Crippen LogP contribution in [0, 0.1) is 6.92 Å². The molecule has 0 saturated heterocycles. The number of likely N-dealkylation sites (N-methyl/N-ethyl adjacent to an activating group) is 1. The van der Waals surface area contributed by atoms with Crippen molar-refractivity contribution in [3.05, 3.63) is 156 Å². The van der Waals surface area contributed by atoms with Crippen LogP contribution in [0.3, 0.4) is 0 Å². The zero-order valence-electron chi connectivity index (χ0n) is 35.3. The van der Waals surface area contributed by atoms with Crippen LogP contribution in [0.2, 0.25) is 20.1 Å². The lowest BCUT2D eigenvalue weighted by molar-refractivity contribution is 0.0586. The van der Waals surface area contributed by atoms with Gasteiger partial charge < -0.3 is 19.8 Å². The van der Waals surface area contributed by atoms with Crippen LogP contribution in [0.5, 0.6) is 0 Å². The van der Waals surface area contributed by atoms with Crippen molar-refractivity contribution < 1.29 is 27.9 Å². The summed E-state index contributed by atoms with van der Waals surface area (Å²) in [5.41, 5.74) is 3.16. The topological polar surface area (TPSA) is 145 Å². The largest absolute Gasteiger partial charge is 0.395 e. The highest BCUT2D eigenvalue weighted by atomic mass is 35.5. The molecule has 0 saturated carbocycles. The molecule has 7 rings (SSSR count). The SMILES string of the molecule is CCCCN(Cc1ccc(Cl)c(Cl)c1)C(=O)c1nn(-c2ccc(C(=O)NS(=O)(=O)c3ccc4cccc(Cl)c4c3)cc2C(=O)N2Cc3ccccc3C[C@H]2CN(C)CCO)c(C)c1Cl. The first kappa shape index (κ1) is 47.0. The van der Waals surface area contributed by atoms with Crippen molar-refractivity contribution in [1.29, 1.82) is 0 Å². The van der Waals surface area contributed by atoms with Gasteiger partial charge >= 0.3 is 0 Å². The van der Waals surface area contributed by atoms with Gasteiger partial charge in [-0.25, -0.2) is 17.8 Å². The van der Waals surface area contributed by atoms with E-state index in [4.69, 9.17) is 51.5 Å². The number of nitrogens with one attached hydrogen (secondary N) is 1. The standard InChI is InChI=1S/C47H46Cl4N6O6S/c1-4-5-19-55(26-30-13-17-40(49)41(50)22-30)47(61)44-43(51)29(2)57(52-44)42-18-15-33(45(59)53-64(62,63)36-16-14-31-11-8-12-39(48)37(31)25-36)24-38(42)46(60)56-27-34-10-7-6-9-32(34)23-35(56)28-54(3)20-21-58/h6-18,22,24-25,35,58H,4-5,19-21,23,26-28H2,1-3H3,(H,53,59)/t35-/m0/s1. The summed E-state index contributed by atoms with van der Waals surface area (Å²) in [4.78, 5) is 48.7. The fraction of sp³-hybridized carbons (Fsp3) is 0.277. The monoisotopic (exact) mass is 962 g/mol. The van der Waals surface area contributed by atoms with Crippen LogP contribution >= 0.6 is 46.4 Å². The Morgan fingerprint density at radius 1 is 0.875 bits per heavy atom. The molecule has 0 bridgehead atoms. The number of rotatable bonds is 15. The van der Waals surface area contributed by atoms with E-state index in [1.807, 2.05) is 43.1 Å². The first-order chi connectivity index (χ1) is 30.6. The predicted molar refractivity (Wildman–Crippen MR) is 251 cm³/mol. The van der Waals surface area contributed by atoms with Gasteiger partial charge in [-0.05, 0) is 97.4 Å². The lowest BCUT2D eigenvalue weighted by Crippen LogP contribution is -2.50. The molecule has 0 unspecified atom stereocenters. The Balaban J connectivity index is 1.30. The number of aromatic nitrogens is 2. The van der Waals surface area contributed by atoms with Gasteiger partial charge in [-0.1, -0.05) is 108 Å². The molecule has 2 heterocycles. The second-order valence-electron chi connectivity index (χ2n) is 15.8. The van der Waals surface area contributed by atoms with Crippen LogP contribution in [-0.4, -0.2) is 95.1 Å². The van der Waals surface area contributed by atoms with E-state index in [1.54, 1.807) is 59.2 Å². The maximum absolute atomic E-state index is 15.2. The molecular formula is C47H46Cl4N6O6S. The van der Waals surface area contributed by atoms with Crippen molar-refractivity contribution in [1.82, 2.24) is 29.2 Å². The number of carbonyl (C=O) groups excluding carboxylic acids is 3. The van der Waals surface area contributed by atoms with Gasteiger partial charge in [0.2, 0.25) is 0 Å². The quantitative estimate of drug-likeness (QED) is 0.104. The van der Waals surface area contributed by atoms with Crippen molar-refractivity contribution >= 4 is 84.9 Å². The van der Waals surface area contributed by atoms with Crippen LogP contribution in [0.1, 0.15) is 73.4 Å². The van der Waals surface area contributed by atoms with Gasteiger partial charge in [-0.2, -0.15) is 5.10 Å². The van der Waals surface area contributed by atoms with Crippen LogP contribution in [0.15, 0.2) is 102 Å². The van der Waals surface area contributed by atoms with Crippen LogP contribution in [0.4, 0.5) is 0 Å². The van der Waals surface area contributed by atoms with Crippen LogP contribution in [-0.2, 0) is 29.5 Å². The number of carbonyl (C=O) groups is 3. The van der Waals surface area contributed by atoms with E-state index in [0.717, 1.165) is 28.5 Å². The summed E-state index contributed by atoms with van der Waals surface area (Å²) >= 11 is 25.8. The predicted octanol–water partition coefficient (Wildman–Crippen LogP) is 9.00. The maximum Gasteiger partial charge on any atom is 0.276 e. The molecular weight excluding hydrogens is 918 g/mol. The van der Waals surface area contributed by atoms with Crippen LogP contribution < -0.4 is 4.72 Å². The van der Waals surface area contributed by atoms with Crippen molar-refractivity contribution in [3.63, 3.8) is 0 Å². The lowest BCUT2D eigenvalue weighted by atomic mass is 9.92. The molecule has 2 N–H and O–H groups in total. The van der Waals surface area contributed by atoms with Gasteiger partial charge in [0.05, 0.1) is 43.5 Å². The summed E-state index contributed by atoms with van der Waals surface area (Å²) in [6, 6.07) is 26.4. The van der Waals surface area contributed by atoms with E-state index >= 15 is 4.79 Å². The Labute approximate surface area is 392 Å². The number of unbranched alkanes of at least 4 members (excludes halogenated alkanes) is 1. The minimum atomic E-state index is -4.42. The summed E-state index contributed by atoms with van der Waals surface area (Å²) in [6.07, 6.45) is 2.02. The molecule has 334 valence electrons. The fourth-order valence-electron chi connectivity index (χ4n) is 7.88. The van der Waals surface area contributed by atoms with E-state index in [2.05, 4.69) is 4.72 Å². The molecule has 0 fully saturated rings. The number of halogens is 4. The second-order valence-corrected chi connectivity index (χ2v) is 19.1. The second kappa shape index (κ2) is 20.0. The van der Waals surface area contributed by atoms with E-state index in [-0.39, 0.29) is 58.2 Å². The number of aliphatic hydroxyl groups is 1. The lowest BCUT2D eigenvalue weighted by Gasteiger charge is -2.39. The molecule has 64 heavy (non-hydrogen) atoms. The Morgan fingerprint density at radius 2 is 1.64 bits per heavy atom. The smallest absolute Gasteiger partial charge is 0.276 e. The first-order valence-corrected chi connectivity index (χ1v) is 23.6. The number of benzene rings is 5. The third-order valence-corrected chi connectivity index (χ3v) is 14.2. The van der Waals surface area contributed by atoms with Gasteiger partial charge in [0.15, 0.2) is 5.69 Å². The third-order valence-electron chi connectivity index (χ3n) is 11.3. The Hall–Kier alpha value is -4.99. The van der Waals surface area contributed by atoms with E-state index in [1.165, 1.54) is 35.0 Å². The molecule has 0 radical (unpaired) electrons. The molecule has 12 nitrogen and oxygen atoms in total. The number of nitrogens with zero attached hydrogens (tertiary/aromatic N) is 5. The first-order valence-electron chi connectivity index (χ1n) is 20.7. The van der Waals surface area contributed by atoms with Gasteiger partial charge in [0, 0.05) is 54.7 Å². The van der Waals surface area contributed by atoms with Crippen molar-refractivity contribution in [3.8, 4) is 5.69 Å². The minimum absolute atomic E-state index is 0.0108. The van der Waals surface area contributed by atoms with E-state index in [9.17, 15) is 23.1 Å². The number of hydrogen-bond donors (Lipinski definition) is 2. The molecule has 1 aliphatic heterocycles. The Kier molecular flexibility index (Phi) is 14.7. The molecule has 0 aliphatic carbocycles. The van der Waals surface area contributed by atoms with Gasteiger partial charge in [-0.15, -0.1) is 0 Å². The molecule has 1 aromatic heterocycles. The highest BCUT2D eigenvalue weighted by Crippen LogP contribution is 2.32. The summed E-state index contributed by atoms with van der Waals surface area (Å²) in [6.45, 7) is 5.22. The molecule has 1 atom stereocenters. The summed E-state index contributed by atoms with van der Waals surface area (Å²) < 4.78 is 31.0. The van der Waals surface area contributed by atoms with Crippen molar-refractivity contribution in [2.45, 2.75) is 57.1 Å². The zero-order valence-corrected chi connectivity index (χ0v) is 39.2. The minimum Gasteiger partial charge on any atom is -0.395 e. The molecule has 6 aromatic rings. The average molecular weight is 965 g/mol. The molecule has 17 heteroatoms. The highest BCUT2D eigenvalue weighted by molar-refractivity contribution is 7.90. The highest BCUT2D eigenvalue weighted by Gasteiger charge is 2.34. The summed E-state index contributed by atoms with van der Waals surface area (Å²) in [5.74, 6) is -1.91. The van der Waals surface area contributed by atoms with E-state index in [0.29, 0.717) is 58.6 Å². The van der Waals surface area contributed by atoms with Gasteiger partial charge in [-0.3, -0.25) is 14.4 Å². The average Bonchev–Trinajstić information content (AvgIpc) is 3.57. The third kappa shape index (κ3) is 10.1. The number of fused-ring (bicyclic) bond motifs is 2. The molecule has 3 amide bonds. The number of hydrogen-bond acceptors (Lipinski definition) is 8. The maximum atomic E-state index is 15.2. The normalized spacial score (nSPS) is 13.9. The molecule has 0 spiro atoms. The van der Waals surface area contributed by atoms with Gasteiger partial charge in [0.1, 0.15) is 0 Å². The Morgan fingerprint density at radius 3 is 2.38 bits per heavy atom. The van der Waals surface area contributed by atoms with E-state index < -0.39 is 27.7 Å². The molecule has 5 aromatic carbocycles. The molecule has 1 aliphatic rings. The fourth-order valence-corrected chi connectivity index (χ4v) is 9.64. The van der Waals surface area contributed by atoms with Crippen molar-refractivity contribution in [2.75, 3.05) is 33.3 Å². The Bertz CT molecular complexity index is 2870. The van der Waals surface area contributed by atoms with Gasteiger partial charge in [0.25, 0.3) is 27.7 Å². The summed E-state index contributed by atoms with van der Waals surface area (Å²) in [5, 5.41) is 16.8.